The van der Waals surface area contributed by atoms with E-state index in [9.17, 15) is 14.5 Å². The molecule has 22 heavy (non-hydrogen) atoms. The summed E-state index contributed by atoms with van der Waals surface area (Å²) in [5.74, 6) is -0.885. The zero-order chi connectivity index (χ0) is 15.7. The second-order valence-electron chi connectivity index (χ2n) is 4.44. The Hall–Kier alpha value is -1.85. The van der Waals surface area contributed by atoms with Crippen molar-refractivity contribution in [2.24, 2.45) is 0 Å². The Bertz CT molecular complexity index is 891. The van der Waals surface area contributed by atoms with Crippen molar-refractivity contribution in [1.82, 2.24) is 9.97 Å². The van der Waals surface area contributed by atoms with Crippen molar-refractivity contribution < 1.29 is 9.31 Å². The number of nitrogens with zero attached hydrogens (tertiary/aromatic N) is 3. The molecule has 3 aromatic rings. The van der Waals surface area contributed by atoms with Crippen molar-refractivity contribution >= 4 is 57.1 Å². The van der Waals surface area contributed by atoms with Gasteiger partial charge < -0.3 is 0 Å². The van der Waals surface area contributed by atoms with Crippen molar-refractivity contribution in [3.63, 3.8) is 0 Å². The molecule has 3 rings (SSSR count). The van der Waals surface area contributed by atoms with E-state index in [1.54, 1.807) is 0 Å². The van der Waals surface area contributed by atoms with Gasteiger partial charge >= 0.3 is 140 Å². The minimum absolute atomic E-state index is 0.381. The van der Waals surface area contributed by atoms with Crippen molar-refractivity contribution in [2.75, 3.05) is 0 Å². The second-order valence-corrected chi connectivity index (χ2v) is 8.08. The zero-order valence-electron chi connectivity index (χ0n) is 11.0. The molecule has 0 bridgehead atoms. The molecular formula is C14H8AsBrFN3O2. The van der Waals surface area contributed by atoms with Crippen molar-refractivity contribution in [1.29, 1.82) is 0 Å². The van der Waals surface area contributed by atoms with E-state index in [2.05, 4.69) is 25.9 Å². The molecule has 0 saturated heterocycles. The minimum atomic E-state index is -0.885. The fourth-order valence-electron chi connectivity index (χ4n) is 2.01. The quantitative estimate of drug-likeness (QED) is 0.366. The number of fused-ring (bicyclic) bond motifs is 1. The van der Waals surface area contributed by atoms with E-state index in [1.165, 1.54) is 12.4 Å². The molecule has 1 heterocycles. The molecule has 0 spiro atoms. The Balaban J connectivity index is 2.13. The molecule has 0 amide bonds. The molecular weight excluding hydrogens is 416 g/mol. The number of rotatable bonds is 3. The predicted octanol–water partition coefficient (Wildman–Crippen LogP) is 1.83. The van der Waals surface area contributed by atoms with Crippen LogP contribution >= 0.6 is 15.9 Å². The van der Waals surface area contributed by atoms with Gasteiger partial charge in [0.1, 0.15) is 0 Å². The number of nitro groups is 1. The third kappa shape index (κ3) is 3.00. The van der Waals surface area contributed by atoms with Gasteiger partial charge in [0.2, 0.25) is 0 Å². The molecule has 0 N–H and O–H groups in total. The molecule has 0 saturated carbocycles. The summed E-state index contributed by atoms with van der Waals surface area (Å²) in [7, 11) is 0. The molecule has 0 aliphatic heterocycles. The van der Waals surface area contributed by atoms with Gasteiger partial charge in [0.15, 0.2) is 0 Å². The SMILES string of the molecule is O=[N+]([O-])c1cc2c([AsH]c3cccc(Br)c3)ncnc2cc1F. The van der Waals surface area contributed by atoms with E-state index in [0.29, 0.717) is 10.9 Å². The van der Waals surface area contributed by atoms with Crippen LogP contribution in [-0.4, -0.2) is 30.6 Å². The summed E-state index contributed by atoms with van der Waals surface area (Å²) >= 11 is 2.60. The van der Waals surface area contributed by atoms with Gasteiger partial charge in [0, 0.05) is 0 Å². The summed E-state index contributed by atoms with van der Waals surface area (Å²) in [5.41, 5.74) is -0.170. The first-order valence-electron chi connectivity index (χ1n) is 6.16. The van der Waals surface area contributed by atoms with Gasteiger partial charge in [-0.25, -0.2) is 0 Å². The van der Waals surface area contributed by atoms with Gasteiger partial charge in [-0.1, -0.05) is 0 Å². The van der Waals surface area contributed by atoms with E-state index in [1.807, 2.05) is 24.3 Å². The Morgan fingerprint density at radius 2 is 2.05 bits per heavy atom. The molecule has 0 aliphatic carbocycles. The number of hydrogen-bond acceptors (Lipinski definition) is 4. The number of halogens is 2. The van der Waals surface area contributed by atoms with Crippen LogP contribution in [0, 0.1) is 15.9 Å². The van der Waals surface area contributed by atoms with Gasteiger partial charge in [-0.3, -0.25) is 0 Å². The molecule has 1 unspecified atom stereocenters. The summed E-state index contributed by atoms with van der Waals surface area (Å²) in [5, 5.41) is 11.4. The Morgan fingerprint density at radius 3 is 2.77 bits per heavy atom. The average Bonchev–Trinajstić information content (AvgIpc) is 2.46. The summed E-state index contributed by atoms with van der Waals surface area (Å²) in [4.78, 5) is 18.4. The zero-order valence-corrected chi connectivity index (χ0v) is 14.6. The molecule has 8 heteroatoms. The number of aromatic nitrogens is 2. The van der Waals surface area contributed by atoms with E-state index in [0.717, 1.165) is 19.4 Å². The summed E-state index contributed by atoms with van der Waals surface area (Å²) in [6.07, 6.45) is 1.37. The molecule has 2 aromatic carbocycles. The van der Waals surface area contributed by atoms with Crippen LogP contribution in [0.4, 0.5) is 10.1 Å². The van der Waals surface area contributed by atoms with E-state index < -0.39 is 32.2 Å². The number of nitro benzene ring substituents is 1. The van der Waals surface area contributed by atoms with Crippen LogP contribution in [0.2, 0.25) is 0 Å². The first kappa shape index (κ1) is 15.1. The Kier molecular flexibility index (Phi) is 4.18. The van der Waals surface area contributed by atoms with Crippen LogP contribution in [0.3, 0.4) is 0 Å². The molecule has 1 atom stereocenters. The van der Waals surface area contributed by atoms with Crippen molar-refractivity contribution in [2.45, 2.75) is 0 Å². The van der Waals surface area contributed by atoms with Gasteiger partial charge in [-0.15, -0.1) is 0 Å². The summed E-state index contributed by atoms with van der Waals surface area (Å²) in [6, 6.07) is 10.1. The van der Waals surface area contributed by atoms with Crippen LogP contribution in [0.15, 0.2) is 47.2 Å². The average molecular weight is 424 g/mol. The maximum absolute atomic E-state index is 13.7. The van der Waals surface area contributed by atoms with Crippen LogP contribution < -0.4 is 8.83 Å². The van der Waals surface area contributed by atoms with Crippen LogP contribution in [0.5, 0.6) is 0 Å². The topological polar surface area (TPSA) is 68.9 Å². The molecule has 0 fully saturated rings. The van der Waals surface area contributed by atoms with Gasteiger partial charge in [-0.2, -0.15) is 0 Å². The van der Waals surface area contributed by atoms with Crippen LogP contribution in [-0.2, 0) is 0 Å². The predicted molar refractivity (Wildman–Crippen MR) is 86.7 cm³/mol. The third-order valence-electron chi connectivity index (χ3n) is 2.99. The standard InChI is InChI=1S/C14H8AsBrFN3O2/c16-9-3-1-2-8(4-9)15-14-10-5-13(20(21)22)11(17)6-12(10)18-7-19-14/h1-7,15H. The van der Waals surface area contributed by atoms with Gasteiger partial charge in [0.25, 0.3) is 0 Å². The molecule has 0 aliphatic rings. The summed E-state index contributed by atoms with van der Waals surface area (Å²) in [6.45, 7) is 0. The van der Waals surface area contributed by atoms with Gasteiger partial charge in [-0.05, 0) is 0 Å². The van der Waals surface area contributed by atoms with E-state index in [-0.39, 0.29) is 0 Å². The fourth-order valence-corrected chi connectivity index (χ4v) is 5.24. The monoisotopic (exact) mass is 423 g/mol. The van der Waals surface area contributed by atoms with Crippen LogP contribution in [0.1, 0.15) is 0 Å². The fraction of sp³-hybridized carbons (Fsp3) is 0. The molecule has 110 valence electrons. The molecule has 5 nitrogen and oxygen atoms in total. The first-order valence-corrected chi connectivity index (χ1v) is 9.05. The first-order chi connectivity index (χ1) is 10.5. The third-order valence-corrected chi connectivity index (χ3v) is 6.07. The van der Waals surface area contributed by atoms with Crippen LogP contribution in [0.25, 0.3) is 10.9 Å². The van der Waals surface area contributed by atoms with Gasteiger partial charge in [0.05, 0.1) is 0 Å². The van der Waals surface area contributed by atoms with E-state index in [4.69, 9.17) is 0 Å². The van der Waals surface area contributed by atoms with Crippen molar-refractivity contribution in [3.05, 3.63) is 63.1 Å². The normalized spacial score (nSPS) is 11.4. The molecule has 0 radical (unpaired) electrons. The summed E-state index contributed by atoms with van der Waals surface area (Å²) < 4.78 is 16.5. The van der Waals surface area contributed by atoms with E-state index >= 15 is 0 Å². The Morgan fingerprint density at radius 1 is 1.23 bits per heavy atom. The molecule has 1 aromatic heterocycles. The van der Waals surface area contributed by atoms with Crippen molar-refractivity contribution in [3.8, 4) is 0 Å². The second kappa shape index (κ2) is 6.10. The maximum atomic E-state index is 13.7. The Labute approximate surface area is 139 Å². The number of hydrogen-bond donors (Lipinski definition) is 0. The number of benzene rings is 2.